The van der Waals surface area contributed by atoms with Crippen LogP contribution in [0.3, 0.4) is 0 Å². The molecule has 0 spiro atoms. The average molecular weight is 251 g/mol. The molecule has 0 bridgehead atoms. The minimum Gasteiger partial charge on any atom is -0.364 e. The lowest BCUT2D eigenvalue weighted by Crippen LogP contribution is -2.59. The lowest BCUT2D eigenvalue weighted by atomic mass is 9.84. The molecule has 1 aromatic rings. The second-order valence-electron chi connectivity index (χ2n) is 6.31. The monoisotopic (exact) mass is 251 g/mol. The van der Waals surface area contributed by atoms with Crippen LogP contribution in [0.5, 0.6) is 0 Å². The second kappa shape index (κ2) is 5.41. The fourth-order valence-corrected chi connectivity index (χ4v) is 2.56. The van der Waals surface area contributed by atoms with Gasteiger partial charge in [0.25, 0.3) is 0 Å². The van der Waals surface area contributed by atoms with E-state index in [9.17, 15) is 0 Å². The van der Waals surface area contributed by atoms with Crippen LogP contribution >= 0.6 is 0 Å². The molecule has 1 aliphatic heterocycles. The van der Waals surface area contributed by atoms with E-state index in [4.69, 9.17) is 4.52 Å². The Balaban J connectivity index is 2.04. The minimum atomic E-state index is 0.292. The first-order valence-electron chi connectivity index (χ1n) is 6.87. The summed E-state index contributed by atoms with van der Waals surface area (Å²) in [5.74, 6) is 0. The summed E-state index contributed by atoms with van der Waals surface area (Å²) in [6.07, 6.45) is 2.82. The maximum Gasteiger partial charge on any atom is 0.124 e. The third-order valence-electron chi connectivity index (χ3n) is 3.91. The zero-order chi connectivity index (χ0) is 13.2. The molecule has 2 heterocycles. The molecule has 1 aliphatic rings. The van der Waals surface area contributed by atoms with Crippen molar-refractivity contribution in [3.8, 4) is 0 Å². The SMILES string of the molecule is CCC1CNC(C(C)(C)C)CN1Cc1ccon1. The zero-order valence-corrected chi connectivity index (χ0v) is 11.9. The van der Waals surface area contributed by atoms with Crippen molar-refractivity contribution < 1.29 is 4.52 Å². The third kappa shape index (κ3) is 3.12. The average Bonchev–Trinajstić information content (AvgIpc) is 2.80. The van der Waals surface area contributed by atoms with Gasteiger partial charge in [0.05, 0.1) is 5.69 Å². The van der Waals surface area contributed by atoms with Crippen molar-refractivity contribution in [3.63, 3.8) is 0 Å². The Hall–Kier alpha value is -0.870. The maximum atomic E-state index is 4.93. The van der Waals surface area contributed by atoms with E-state index in [1.165, 1.54) is 6.42 Å². The van der Waals surface area contributed by atoms with Crippen LogP contribution < -0.4 is 5.32 Å². The first-order valence-corrected chi connectivity index (χ1v) is 6.87. The molecule has 0 aromatic carbocycles. The van der Waals surface area contributed by atoms with Gasteiger partial charge in [-0.1, -0.05) is 32.9 Å². The quantitative estimate of drug-likeness (QED) is 0.895. The fourth-order valence-electron chi connectivity index (χ4n) is 2.56. The predicted molar refractivity (Wildman–Crippen MR) is 72.2 cm³/mol. The molecule has 1 saturated heterocycles. The van der Waals surface area contributed by atoms with E-state index in [1.54, 1.807) is 6.26 Å². The summed E-state index contributed by atoms with van der Waals surface area (Å²) in [6, 6.07) is 3.09. The van der Waals surface area contributed by atoms with Crippen molar-refractivity contribution in [2.75, 3.05) is 13.1 Å². The Morgan fingerprint density at radius 3 is 2.83 bits per heavy atom. The highest BCUT2D eigenvalue weighted by Gasteiger charge is 2.33. The van der Waals surface area contributed by atoms with Crippen LogP contribution in [0.25, 0.3) is 0 Å². The zero-order valence-electron chi connectivity index (χ0n) is 11.9. The molecule has 0 aliphatic carbocycles. The molecule has 102 valence electrons. The highest BCUT2D eigenvalue weighted by molar-refractivity contribution is 4.99. The Morgan fingerprint density at radius 1 is 1.50 bits per heavy atom. The molecule has 2 unspecified atom stereocenters. The first kappa shape index (κ1) is 13.6. The van der Waals surface area contributed by atoms with Crippen molar-refractivity contribution in [1.82, 2.24) is 15.4 Å². The van der Waals surface area contributed by atoms with Gasteiger partial charge in [-0.3, -0.25) is 4.90 Å². The highest BCUT2D eigenvalue weighted by atomic mass is 16.5. The van der Waals surface area contributed by atoms with Crippen molar-refractivity contribution in [1.29, 1.82) is 0 Å². The molecule has 2 rings (SSSR count). The van der Waals surface area contributed by atoms with Crippen LogP contribution in [0, 0.1) is 5.41 Å². The summed E-state index contributed by atoms with van der Waals surface area (Å²) in [5.41, 5.74) is 1.32. The third-order valence-corrected chi connectivity index (χ3v) is 3.91. The van der Waals surface area contributed by atoms with Crippen LogP contribution in [-0.4, -0.2) is 35.2 Å². The maximum absolute atomic E-state index is 4.93. The highest BCUT2D eigenvalue weighted by Crippen LogP contribution is 2.25. The molecular formula is C14H25N3O. The van der Waals surface area contributed by atoms with Gasteiger partial charge in [0, 0.05) is 37.8 Å². The van der Waals surface area contributed by atoms with Crippen LogP contribution in [-0.2, 0) is 6.54 Å². The Bertz CT molecular complexity index is 356. The normalized spacial score (nSPS) is 26.4. The minimum absolute atomic E-state index is 0.292. The van der Waals surface area contributed by atoms with E-state index in [0.717, 1.165) is 25.3 Å². The molecule has 0 radical (unpaired) electrons. The summed E-state index contributed by atoms with van der Waals surface area (Å²) < 4.78 is 4.93. The van der Waals surface area contributed by atoms with E-state index in [0.29, 0.717) is 17.5 Å². The number of hydrogen-bond acceptors (Lipinski definition) is 4. The molecule has 4 heteroatoms. The molecule has 18 heavy (non-hydrogen) atoms. The number of rotatable bonds is 3. The lowest BCUT2D eigenvalue weighted by molar-refractivity contribution is 0.0756. The van der Waals surface area contributed by atoms with Gasteiger partial charge < -0.3 is 9.84 Å². The first-order chi connectivity index (χ1) is 8.50. The Kier molecular flexibility index (Phi) is 4.07. The predicted octanol–water partition coefficient (Wildman–Crippen LogP) is 2.27. The van der Waals surface area contributed by atoms with Crippen molar-refractivity contribution in [3.05, 3.63) is 18.0 Å². The van der Waals surface area contributed by atoms with Gasteiger partial charge in [-0.25, -0.2) is 0 Å². The van der Waals surface area contributed by atoms with Crippen LogP contribution in [0.1, 0.15) is 39.8 Å². The van der Waals surface area contributed by atoms with Gasteiger partial charge in [-0.2, -0.15) is 0 Å². The summed E-state index contributed by atoms with van der Waals surface area (Å²) in [4.78, 5) is 2.53. The number of hydrogen-bond donors (Lipinski definition) is 1. The lowest BCUT2D eigenvalue weighted by Gasteiger charge is -2.44. The fraction of sp³-hybridized carbons (Fsp3) is 0.786. The Labute approximate surface area is 110 Å². The standard InChI is InChI=1S/C14H25N3O/c1-5-12-8-15-13(14(2,3)4)10-17(12)9-11-6-7-18-16-11/h6-7,12-13,15H,5,8-10H2,1-4H3. The number of nitrogens with zero attached hydrogens (tertiary/aromatic N) is 2. The molecule has 4 nitrogen and oxygen atoms in total. The largest absolute Gasteiger partial charge is 0.364 e. The van der Waals surface area contributed by atoms with Crippen LogP contribution in [0.2, 0.25) is 0 Å². The molecule has 0 saturated carbocycles. The summed E-state index contributed by atoms with van der Waals surface area (Å²) >= 11 is 0. The van der Waals surface area contributed by atoms with Crippen LogP contribution in [0.15, 0.2) is 16.9 Å². The van der Waals surface area contributed by atoms with E-state index >= 15 is 0 Å². The molecule has 2 atom stereocenters. The van der Waals surface area contributed by atoms with Crippen molar-refractivity contribution in [2.45, 2.75) is 52.7 Å². The summed E-state index contributed by atoms with van der Waals surface area (Å²) in [5, 5.41) is 7.71. The topological polar surface area (TPSA) is 41.3 Å². The van der Waals surface area contributed by atoms with Crippen molar-refractivity contribution in [2.24, 2.45) is 5.41 Å². The molecule has 0 amide bonds. The van der Waals surface area contributed by atoms with E-state index in [1.807, 2.05) is 6.07 Å². The number of piperazine rings is 1. The van der Waals surface area contributed by atoms with Gasteiger partial charge in [0.2, 0.25) is 0 Å². The van der Waals surface area contributed by atoms with Gasteiger partial charge in [0.1, 0.15) is 6.26 Å². The van der Waals surface area contributed by atoms with Gasteiger partial charge in [-0.15, -0.1) is 0 Å². The molecule has 1 aromatic heterocycles. The van der Waals surface area contributed by atoms with Crippen LogP contribution in [0.4, 0.5) is 0 Å². The van der Waals surface area contributed by atoms with Gasteiger partial charge in [0.15, 0.2) is 0 Å². The number of nitrogens with one attached hydrogen (secondary N) is 1. The van der Waals surface area contributed by atoms with E-state index in [-0.39, 0.29) is 0 Å². The smallest absolute Gasteiger partial charge is 0.124 e. The van der Waals surface area contributed by atoms with Gasteiger partial charge >= 0.3 is 0 Å². The summed E-state index contributed by atoms with van der Waals surface area (Å²) in [6.45, 7) is 12.2. The van der Waals surface area contributed by atoms with E-state index < -0.39 is 0 Å². The Morgan fingerprint density at radius 2 is 2.28 bits per heavy atom. The van der Waals surface area contributed by atoms with Crippen molar-refractivity contribution >= 4 is 0 Å². The molecule has 1 fully saturated rings. The van der Waals surface area contributed by atoms with Gasteiger partial charge in [-0.05, 0) is 11.8 Å². The molecule has 1 N–H and O–H groups in total. The summed E-state index contributed by atoms with van der Waals surface area (Å²) in [7, 11) is 0. The number of aromatic nitrogens is 1. The van der Waals surface area contributed by atoms with E-state index in [2.05, 4.69) is 43.1 Å². The second-order valence-corrected chi connectivity index (χ2v) is 6.31. The molecular weight excluding hydrogens is 226 g/mol.